The van der Waals surface area contributed by atoms with Gasteiger partial charge in [0.15, 0.2) is 6.61 Å². The van der Waals surface area contributed by atoms with Crippen molar-refractivity contribution in [1.82, 2.24) is 5.32 Å². The number of benzene rings is 2. The molecule has 0 saturated heterocycles. The Morgan fingerprint density at radius 2 is 1.85 bits per heavy atom. The zero-order chi connectivity index (χ0) is 18.5. The number of hydrogen-bond acceptors (Lipinski definition) is 6. The number of amides is 2. The molecule has 0 aliphatic heterocycles. The average molecular weight is 353 g/mol. The van der Waals surface area contributed by atoms with Gasteiger partial charge in [-0.3, -0.25) is 19.7 Å². The largest absolute Gasteiger partial charge is 0.508 e. The Morgan fingerprint density at radius 3 is 2.62 bits per heavy atom. The molecular formula is C19H15NO6. The van der Waals surface area contributed by atoms with Crippen LogP contribution < -0.4 is 5.32 Å². The number of ether oxygens (including phenoxy) is 1. The van der Waals surface area contributed by atoms with Crippen LogP contribution in [-0.4, -0.2) is 29.5 Å². The van der Waals surface area contributed by atoms with Gasteiger partial charge in [0.1, 0.15) is 11.3 Å². The first-order chi connectivity index (χ1) is 12.5. The number of carbonyl (C=O) groups excluding carboxylic acids is 3. The van der Waals surface area contributed by atoms with Crippen molar-refractivity contribution < 1.29 is 28.6 Å². The molecule has 7 nitrogen and oxygen atoms in total. The predicted molar refractivity (Wildman–Crippen MR) is 91.5 cm³/mol. The zero-order valence-electron chi connectivity index (χ0n) is 13.6. The second-order valence-corrected chi connectivity index (χ2v) is 5.52. The Hall–Kier alpha value is -3.61. The molecule has 0 aliphatic carbocycles. The number of imide groups is 1. The van der Waals surface area contributed by atoms with Gasteiger partial charge in [-0.25, -0.2) is 0 Å². The molecule has 1 heterocycles. The van der Waals surface area contributed by atoms with E-state index in [1.54, 1.807) is 36.4 Å². The minimum atomic E-state index is -0.714. The van der Waals surface area contributed by atoms with E-state index in [4.69, 9.17) is 9.15 Å². The molecule has 3 aromatic rings. The van der Waals surface area contributed by atoms with Gasteiger partial charge in [0.2, 0.25) is 0 Å². The van der Waals surface area contributed by atoms with Crippen LogP contribution in [0.2, 0.25) is 0 Å². The van der Waals surface area contributed by atoms with E-state index in [1.807, 2.05) is 0 Å². The number of carbonyl (C=O) groups is 3. The first-order valence-corrected chi connectivity index (χ1v) is 7.77. The molecule has 2 amide bonds. The first-order valence-electron chi connectivity index (χ1n) is 7.77. The molecule has 0 aliphatic rings. The maximum absolute atomic E-state index is 11.9. The van der Waals surface area contributed by atoms with Crippen molar-refractivity contribution >= 4 is 28.8 Å². The van der Waals surface area contributed by atoms with E-state index >= 15 is 0 Å². The van der Waals surface area contributed by atoms with Crippen molar-refractivity contribution in [3.05, 3.63) is 65.9 Å². The number of rotatable bonds is 5. The molecule has 0 atom stereocenters. The summed E-state index contributed by atoms with van der Waals surface area (Å²) in [7, 11) is 0. The lowest BCUT2D eigenvalue weighted by molar-refractivity contribution is -0.147. The smallest absolute Gasteiger partial charge is 0.310 e. The van der Waals surface area contributed by atoms with Crippen LogP contribution in [0, 0.1) is 0 Å². The highest BCUT2D eigenvalue weighted by molar-refractivity contribution is 6.05. The van der Waals surface area contributed by atoms with E-state index in [0.29, 0.717) is 22.1 Å². The van der Waals surface area contributed by atoms with Crippen LogP contribution in [0.25, 0.3) is 11.0 Å². The van der Waals surface area contributed by atoms with Crippen LogP contribution in [0.3, 0.4) is 0 Å². The molecule has 7 heteroatoms. The molecule has 3 rings (SSSR count). The van der Waals surface area contributed by atoms with E-state index in [1.165, 1.54) is 18.4 Å². The van der Waals surface area contributed by atoms with Gasteiger partial charge in [-0.1, -0.05) is 18.2 Å². The summed E-state index contributed by atoms with van der Waals surface area (Å²) in [6.45, 7) is -0.562. The quantitative estimate of drug-likeness (QED) is 0.681. The minimum absolute atomic E-state index is 0.0562. The third kappa shape index (κ3) is 4.07. The van der Waals surface area contributed by atoms with Crippen LogP contribution >= 0.6 is 0 Å². The lowest BCUT2D eigenvalue weighted by Crippen LogP contribution is -2.34. The van der Waals surface area contributed by atoms with Crippen LogP contribution in [0.15, 0.2) is 59.2 Å². The monoisotopic (exact) mass is 353 g/mol. The van der Waals surface area contributed by atoms with E-state index < -0.39 is 24.4 Å². The van der Waals surface area contributed by atoms with Crippen LogP contribution in [-0.2, 0) is 20.7 Å². The fraction of sp³-hybridized carbons (Fsp3) is 0.105. The molecular weight excluding hydrogens is 338 g/mol. The maximum Gasteiger partial charge on any atom is 0.310 e. The lowest BCUT2D eigenvalue weighted by atomic mass is 10.1. The van der Waals surface area contributed by atoms with E-state index in [0.717, 1.165) is 0 Å². The maximum atomic E-state index is 11.9. The summed E-state index contributed by atoms with van der Waals surface area (Å²) in [4.78, 5) is 35.5. The summed E-state index contributed by atoms with van der Waals surface area (Å²) < 4.78 is 10.2. The SMILES string of the molecule is O=C(COC(=O)Cc1coc2cc(O)ccc12)NC(=O)c1ccccc1. The molecule has 0 fully saturated rings. The van der Waals surface area contributed by atoms with Crippen LogP contribution in [0.4, 0.5) is 0 Å². The van der Waals surface area contributed by atoms with Gasteiger partial charge in [0.25, 0.3) is 11.8 Å². The second kappa shape index (κ2) is 7.52. The van der Waals surface area contributed by atoms with Crippen molar-refractivity contribution in [2.24, 2.45) is 0 Å². The highest BCUT2D eigenvalue weighted by Gasteiger charge is 2.15. The highest BCUT2D eigenvalue weighted by Crippen LogP contribution is 2.25. The van der Waals surface area contributed by atoms with Crippen molar-refractivity contribution in [2.75, 3.05) is 6.61 Å². The van der Waals surface area contributed by atoms with Crippen LogP contribution in [0.1, 0.15) is 15.9 Å². The molecule has 0 unspecified atom stereocenters. The van der Waals surface area contributed by atoms with Crippen molar-refractivity contribution in [1.29, 1.82) is 0 Å². The lowest BCUT2D eigenvalue weighted by Gasteiger charge is -2.05. The number of phenols is 1. The number of furan rings is 1. The van der Waals surface area contributed by atoms with Crippen LogP contribution in [0.5, 0.6) is 5.75 Å². The van der Waals surface area contributed by atoms with Gasteiger partial charge in [0, 0.05) is 22.6 Å². The average Bonchev–Trinajstić information content (AvgIpc) is 3.02. The Labute approximate surface area is 148 Å². The van der Waals surface area contributed by atoms with Gasteiger partial charge in [-0.05, 0) is 24.3 Å². The fourth-order valence-electron chi connectivity index (χ4n) is 2.39. The Balaban J connectivity index is 1.52. The number of nitrogens with one attached hydrogen (secondary N) is 1. The third-order valence-corrected chi connectivity index (χ3v) is 3.63. The van der Waals surface area contributed by atoms with Gasteiger partial charge in [-0.15, -0.1) is 0 Å². The highest BCUT2D eigenvalue weighted by atomic mass is 16.5. The normalized spacial score (nSPS) is 10.5. The summed E-state index contributed by atoms with van der Waals surface area (Å²) in [6.07, 6.45) is 1.29. The summed E-state index contributed by atoms with van der Waals surface area (Å²) in [5.74, 6) is -1.86. The number of esters is 1. The minimum Gasteiger partial charge on any atom is -0.508 e. The molecule has 2 aromatic carbocycles. The Kier molecular flexibility index (Phi) is 4.98. The van der Waals surface area contributed by atoms with E-state index in [2.05, 4.69) is 5.32 Å². The van der Waals surface area contributed by atoms with E-state index in [9.17, 15) is 19.5 Å². The number of fused-ring (bicyclic) bond motifs is 1. The molecule has 2 N–H and O–H groups in total. The second-order valence-electron chi connectivity index (χ2n) is 5.52. The van der Waals surface area contributed by atoms with Crippen molar-refractivity contribution in [2.45, 2.75) is 6.42 Å². The number of phenolic OH excluding ortho intramolecular Hbond substituents is 1. The van der Waals surface area contributed by atoms with Gasteiger partial charge in [-0.2, -0.15) is 0 Å². The molecule has 26 heavy (non-hydrogen) atoms. The molecule has 0 spiro atoms. The molecule has 1 aromatic heterocycles. The third-order valence-electron chi connectivity index (χ3n) is 3.63. The van der Waals surface area contributed by atoms with Crippen molar-refractivity contribution in [3.63, 3.8) is 0 Å². The molecule has 0 radical (unpaired) electrons. The summed E-state index contributed by atoms with van der Waals surface area (Å²) in [6, 6.07) is 12.8. The first kappa shape index (κ1) is 17.2. The van der Waals surface area contributed by atoms with Crippen molar-refractivity contribution in [3.8, 4) is 5.75 Å². The van der Waals surface area contributed by atoms with Gasteiger partial charge >= 0.3 is 5.97 Å². The van der Waals surface area contributed by atoms with Gasteiger partial charge in [0.05, 0.1) is 12.7 Å². The topological polar surface area (TPSA) is 106 Å². The molecule has 0 bridgehead atoms. The fourth-order valence-corrected chi connectivity index (χ4v) is 2.39. The van der Waals surface area contributed by atoms with E-state index in [-0.39, 0.29) is 12.2 Å². The summed E-state index contributed by atoms with van der Waals surface area (Å²) in [5.41, 5.74) is 1.35. The number of hydrogen-bond donors (Lipinski definition) is 2. The Bertz CT molecular complexity index is 961. The summed E-state index contributed by atoms with van der Waals surface area (Å²) in [5, 5.41) is 12.2. The molecule has 132 valence electrons. The standard InChI is InChI=1S/C19H15NO6/c21-14-6-7-15-13(10-25-16(15)9-14)8-18(23)26-11-17(22)20-19(24)12-4-2-1-3-5-12/h1-7,9-10,21H,8,11H2,(H,20,22,24). The molecule has 0 saturated carbocycles. The predicted octanol–water partition coefficient (Wildman–Crippen LogP) is 2.18. The summed E-state index contributed by atoms with van der Waals surface area (Å²) >= 11 is 0. The zero-order valence-corrected chi connectivity index (χ0v) is 13.6. The Morgan fingerprint density at radius 1 is 1.08 bits per heavy atom. The van der Waals surface area contributed by atoms with Gasteiger partial charge < -0.3 is 14.3 Å². The number of aromatic hydroxyl groups is 1.